The number of anilines is 1. The van der Waals surface area contributed by atoms with Gasteiger partial charge in [-0.3, -0.25) is 13.9 Å². The highest BCUT2D eigenvalue weighted by Crippen LogP contribution is 2.28. The van der Waals surface area contributed by atoms with Gasteiger partial charge in [-0.1, -0.05) is 47.5 Å². The lowest BCUT2D eigenvalue weighted by Gasteiger charge is -2.31. The largest absolute Gasteiger partial charge is 0.355 e. The number of carbonyl (C=O) groups is 2. The van der Waals surface area contributed by atoms with Crippen molar-refractivity contribution in [1.29, 1.82) is 0 Å². The highest BCUT2D eigenvalue weighted by atomic mass is 35.5. The molecular formula is C22H27Cl2N3O4S. The van der Waals surface area contributed by atoms with E-state index >= 15 is 0 Å². The third-order valence-electron chi connectivity index (χ3n) is 4.99. The maximum Gasteiger partial charge on any atom is 0.244 e. The van der Waals surface area contributed by atoms with E-state index < -0.39 is 28.5 Å². The Hall–Kier alpha value is -2.29. The third kappa shape index (κ3) is 6.60. The zero-order valence-corrected chi connectivity index (χ0v) is 20.8. The van der Waals surface area contributed by atoms with Gasteiger partial charge < -0.3 is 10.2 Å². The van der Waals surface area contributed by atoms with Crippen LogP contribution in [0, 0.1) is 6.92 Å². The number of halogens is 2. The normalized spacial score (nSPS) is 12.2. The summed E-state index contributed by atoms with van der Waals surface area (Å²) in [5.74, 6) is -0.849. The van der Waals surface area contributed by atoms with Crippen LogP contribution in [0.1, 0.15) is 25.0 Å². The molecule has 2 aromatic carbocycles. The molecule has 10 heteroatoms. The lowest BCUT2D eigenvalue weighted by atomic mass is 10.1. The minimum Gasteiger partial charge on any atom is -0.355 e. The Balaban J connectivity index is 2.42. The third-order valence-corrected chi connectivity index (χ3v) is 6.87. The van der Waals surface area contributed by atoms with Crippen molar-refractivity contribution in [3.8, 4) is 0 Å². The van der Waals surface area contributed by atoms with Crippen LogP contribution in [0.4, 0.5) is 5.69 Å². The number of benzene rings is 2. The smallest absolute Gasteiger partial charge is 0.244 e. The number of aryl methyl sites for hydroxylation is 1. The molecule has 0 saturated heterocycles. The van der Waals surface area contributed by atoms with Crippen molar-refractivity contribution in [3.05, 3.63) is 63.6 Å². The van der Waals surface area contributed by atoms with E-state index in [1.807, 2.05) is 31.2 Å². The van der Waals surface area contributed by atoms with Gasteiger partial charge in [0.05, 0.1) is 22.0 Å². The summed E-state index contributed by atoms with van der Waals surface area (Å²) in [4.78, 5) is 27.3. The standard InChI is InChI=1S/C22H27Cl2N3O4S/c1-5-25-22(29)16(3)26(13-17-9-7-6-8-15(17)2)21(28)14-27(32(4,30)31)18-10-11-19(23)20(24)12-18/h6-12,16H,5,13-14H2,1-4H3,(H,25,29). The molecule has 0 aliphatic carbocycles. The Morgan fingerprint density at radius 3 is 2.31 bits per heavy atom. The van der Waals surface area contributed by atoms with Crippen LogP contribution in [0.3, 0.4) is 0 Å². The van der Waals surface area contributed by atoms with Crippen molar-refractivity contribution in [2.24, 2.45) is 0 Å². The molecule has 32 heavy (non-hydrogen) atoms. The monoisotopic (exact) mass is 499 g/mol. The second-order valence-corrected chi connectivity index (χ2v) is 10.1. The number of hydrogen-bond donors (Lipinski definition) is 1. The van der Waals surface area contributed by atoms with Gasteiger partial charge in [0.2, 0.25) is 21.8 Å². The fourth-order valence-electron chi connectivity index (χ4n) is 3.13. The molecule has 0 fully saturated rings. The molecule has 0 spiro atoms. The minimum atomic E-state index is -3.83. The lowest BCUT2D eigenvalue weighted by molar-refractivity contribution is -0.139. The van der Waals surface area contributed by atoms with Crippen LogP contribution in [0.5, 0.6) is 0 Å². The van der Waals surface area contributed by atoms with Crippen molar-refractivity contribution >= 4 is 50.7 Å². The van der Waals surface area contributed by atoms with Gasteiger partial charge in [-0.05, 0) is 50.1 Å². The molecule has 1 unspecified atom stereocenters. The maximum absolute atomic E-state index is 13.4. The number of hydrogen-bond acceptors (Lipinski definition) is 4. The van der Waals surface area contributed by atoms with Crippen LogP contribution in [-0.2, 0) is 26.2 Å². The minimum absolute atomic E-state index is 0.156. The summed E-state index contributed by atoms with van der Waals surface area (Å²) in [7, 11) is -3.83. The second-order valence-electron chi connectivity index (χ2n) is 7.39. The first-order valence-corrected chi connectivity index (χ1v) is 12.6. The number of nitrogens with one attached hydrogen (secondary N) is 1. The number of rotatable bonds is 9. The Morgan fingerprint density at radius 1 is 1.09 bits per heavy atom. The van der Waals surface area contributed by atoms with Crippen molar-refractivity contribution in [3.63, 3.8) is 0 Å². The average molecular weight is 500 g/mol. The zero-order valence-electron chi connectivity index (χ0n) is 18.4. The Morgan fingerprint density at radius 2 is 1.75 bits per heavy atom. The molecule has 0 saturated carbocycles. The van der Waals surface area contributed by atoms with Gasteiger partial charge in [0, 0.05) is 13.1 Å². The summed E-state index contributed by atoms with van der Waals surface area (Å²) in [5.41, 5.74) is 2.02. The van der Waals surface area contributed by atoms with E-state index in [2.05, 4.69) is 5.32 Å². The maximum atomic E-state index is 13.4. The van der Waals surface area contributed by atoms with Crippen LogP contribution in [0.25, 0.3) is 0 Å². The molecule has 0 heterocycles. The van der Waals surface area contributed by atoms with E-state index in [1.54, 1.807) is 13.8 Å². The zero-order chi connectivity index (χ0) is 24.1. The Labute approximate surface area is 199 Å². The Bertz CT molecular complexity index is 1090. The van der Waals surface area contributed by atoms with Crippen LogP contribution >= 0.6 is 23.2 Å². The summed E-state index contributed by atoms with van der Waals surface area (Å²) in [5, 5.41) is 3.14. The fraction of sp³-hybridized carbons (Fsp3) is 0.364. The summed E-state index contributed by atoms with van der Waals surface area (Å²) in [6.45, 7) is 5.38. The highest BCUT2D eigenvalue weighted by molar-refractivity contribution is 7.92. The van der Waals surface area contributed by atoms with E-state index in [-0.39, 0.29) is 28.2 Å². The van der Waals surface area contributed by atoms with E-state index in [0.717, 1.165) is 21.7 Å². The molecule has 1 N–H and O–H groups in total. The SMILES string of the molecule is CCNC(=O)C(C)N(Cc1ccccc1C)C(=O)CN(c1ccc(Cl)c(Cl)c1)S(C)(=O)=O. The van der Waals surface area contributed by atoms with Gasteiger partial charge in [0.15, 0.2) is 0 Å². The number of carbonyl (C=O) groups excluding carboxylic acids is 2. The van der Waals surface area contributed by atoms with Gasteiger partial charge in [-0.15, -0.1) is 0 Å². The van der Waals surface area contributed by atoms with E-state index in [9.17, 15) is 18.0 Å². The molecule has 2 rings (SSSR count). The summed E-state index contributed by atoms with van der Waals surface area (Å²) < 4.78 is 26.0. The first-order chi connectivity index (χ1) is 15.0. The molecule has 0 radical (unpaired) electrons. The van der Waals surface area contributed by atoms with Crippen molar-refractivity contribution in [1.82, 2.24) is 10.2 Å². The first-order valence-electron chi connectivity index (χ1n) is 10.00. The van der Waals surface area contributed by atoms with Crippen LogP contribution in [-0.4, -0.2) is 50.5 Å². The van der Waals surface area contributed by atoms with Gasteiger partial charge in [0.25, 0.3) is 0 Å². The van der Waals surface area contributed by atoms with Gasteiger partial charge >= 0.3 is 0 Å². The molecule has 0 aliphatic heterocycles. The molecule has 0 aromatic heterocycles. The van der Waals surface area contributed by atoms with Gasteiger partial charge in [-0.25, -0.2) is 8.42 Å². The predicted molar refractivity (Wildman–Crippen MR) is 129 cm³/mol. The fourth-order valence-corrected chi connectivity index (χ4v) is 4.26. The van der Waals surface area contributed by atoms with Gasteiger partial charge in [0.1, 0.15) is 12.6 Å². The molecule has 2 aromatic rings. The Kier molecular flexibility index (Phi) is 8.95. The van der Waals surface area contributed by atoms with Crippen molar-refractivity contribution in [2.45, 2.75) is 33.4 Å². The van der Waals surface area contributed by atoms with E-state index in [1.165, 1.54) is 23.1 Å². The quantitative estimate of drug-likeness (QED) is 0.570. The van der Waals surface area contributed by atoms with Crippen molar-refractivity contribution in [2.75, 3.05) is 23.7 Å². The molecule has 7 nitrogen and oxygen atoms in total. The lowest BCUT2D eigenvalue weighted by Crippen LogP contribution is -2.51. The summed E-state index contributed by atoms with van der Waals surface area (Å²) >= 11 is 12.0. The number of sulfonamides is 1. The van der Waals surface area contributed by atoms with E-state index in [4.69, 9.17) is 23.2 Å². The number of amides is 2. The molecule has 2 amide bonds. The highest BCUT2D eigenvalue weighted by Gasteiger charge is 2.30. The number of nitrogens with zero attached hydrogens (tertiary/aromatic N) is 2. The van der Waals surface area contributed by atoms with Gasteiger partial charge in [-0.2, -0.15) is 0 Å². The van der Waals surface area contributed by atoms with Crippen LogP contribution in [0.2, 0.25) is 10.0 Å². The van der Waals surface area contributed by atoms with Crippen LogP contribution < -0.4 is 9.62 Å². The molecular weight excluding hydrogens is 473 g/mol. The first kappa shape index (κ1) is 26.0. The summed E-state index contributed by atoms with van der Waals surface area (Å²) in [6, 6.07) is 11.0. The molecule has 0 bridgehead atoms. The van der Waals surface area contributed by atoms with E-state index in [0.29, 0.717) is 6.54 Å². The number of likely N-dealkylation sites (N-methyl/N-ethyl adjacent to an activating group) is 1. The van der Waals surface area contributed by atoms with Crippen LogP contribution in [0.15, 0.2) is 42.5 Å². The van der Waals surface area contributed by atoms with Crippen molar-refractivity contribution < 1.29 is 18.0 Å². The summed E-state index contributed by atoms with van der Waals surface area (Å²) in [6.07, 6.45) is 1.00. The predicted octanol–water partition coefficient (Wildman–Crippen LogP) is 3.62. The topological polar surface area (TPSA) is 86.8 Å². The second kappa shape index (κ2) is 11.0. The molecule has 1 atom stereocenters. The molecule has 0 aliphatic rings. The average Bonchev–Trinajstić information content (AvgIpc) is 2.72. The molecule has 174 valence electrons.